The van der Waals surface area contributed by atoms with E-state index in [0.29, 0.717) is 11.3 Å². The standard InChI is InChI=1S/C18H14O4/c19-16(11-17(20)21)15-8-4-7-14-13(9-10-22-18(14)15)12-5-2-1-3-6-12/h1-10,13H,11H2,(H,20,21). The number of carbonyl (C=O) groups excluding carboxylic acids is 1. The van der Waals surface area contributed by atoms with Gasteiger partial charge in [0.1, 0.15) is 12.2 Å². The van der Waals surface area contributed by atoms with Crippen LogP contribution in [0.5, 0.6) is 5.75 Å². The zero-order valence-corrected chi connectivity index (χ0v) is 11.7. The Morgan fingerprint density at radius 3 is 2.55 bits per heavy atom. The Labute approximate surface area is 127 Å². The Balaban J connectivity index is 2.04. The monoisotopic (exact) mass is 294 g/mol. The van der Waals surface area contributed by atoms with E-state index in [1.165, 1.54) is 0 Å². The molecule has 1 aliphatic rings. The zero-order valence-electron chi connectivity index (χ0n) is 11.7. The number of fused-ring (bicyclic) bond motifs is 1. The van der Waals surface area contributed by atoms with E-state index in [-0.39, 0.29) is 5.92 Å². The van der Waals surface area contributed by atoms with Gasteiger partial charge in [-0.2, -0.15) is 0 Å². The second-order valence-corrected chi connectivity index (χ2v) is 5.05. The van der Waals surface area contributed by atoms with Gasteiger partial charge in [-0.3, -0.25) is 9.59 Å². The number of aliphatic carboxylic acids is 1. The molecule has 110 valence electrons. The van der Waals surface area contributed by atoms with Crippen molar-refractivity contribution in [3.63, 3.8) is 0 Å². The van der Waals surface area contributed by atoms with Gasteiger partial charge in [-0.25, -0.2) is 0 Å². The van der Waals surface area contributed by atoms with Crippen molar-refractivity contribution in [1.82, 2.24) is 0 Å². The second kappa shape index (κ2) is 5.85. The topological polar surface area (TPSA) is 63.6 Å². The van der Waals surface area contributed by atoms with Crippen molar-refractivity contribution in [2.24, 2.45) is 0 Å². The number of carboxylic acid groups (broad SMARTS) is 1. The smallest absolute Gasteiger partial charge is 0.311 e. The van der Waals surface area contributed by atoms with Gasteiger partial charge in [-0.1, -0.05) is 42.5 Å². The minimum atomic E-state index is -1.14. The van der Waals surface area contributed by atoms with E-state index in [4.69, 9.17) is 9.84 Å². The van der Waals surface area contributed by atoms with E-state index in [1.807, 2.05) is 42.5 Å². The number of carbonyl (C=O) groups is 2. The average molecular weight is 294 g/mol. The Morgan fingerprint density at radius 2 is 1.82 bits per heavy atom. The maximum Gasteiger partial charge on any atom is 0.311 e. The Morgan fingerprint density at radius 1 is 1.05 bits per heavy atom. The maximum atomic E-state index is 12.1. The van der Waals surface area contributed by atoms with Crippen molar-refractivity contribution in [3.8, 4) is 5.75 Å². The first-order valence-corrected chi connectivity index (χ1v) is 6.93. The minimum Gasteiger partial charge on any atom is -0.481 e. The molecule has 2 aromatic rings. The molecule has 0 aliphatic carbocycles. The molecule has 2 aromatic carbocycles. The number of benzene rings is 2. The van der Waals surface area contributed by atoms with Crippen LogP contribution in [-0.2, 0) is 4.79 Å². The van der Waals surface area contributed by atoms with E-state index in [1.54, 1.807) is 18.4 Å². The summed E-state index contributed by atoms with van der Waals surface area (Å²) >= 11 is 0. The average Bonchev–Trinajstić information content (AvgIpc) is 2.54. The predicted molar refractivity (Wildman–Crippen MR) is 81.1 cm³/mol. The zero-order chi connectivity index (χ0) is 15.5. The molecule has 3 rings (SSSR count). The summed E-state index contributed by atoms with van der Waals surface area (Å²) in [5, 5.41) is 8.80. The number of ketones is 1. The highest BCUT2D eigenvalue weighted by Crippen LogP contribution is 2.38. The van der Waals surface area contributed by atoms with Crippen LogP contribution in [-0.4, -0.2) is 16.9 Å². The molecule has 0 spiro atoms. The van der Waals surface area contributed by atoms with Crippen LogP contribution < -0.4 is 4.74 Å². The normalized spacial score (nSPS) is 15.7. The number of hydrogen-bond donors (Lipinski definition) is 1. The molecule has 1 unspecified atom stereocenters. The van der Waals surface area contributed by atoms with Gasteiger partial charge < -0.3 is 9.84 Å². The fourth-order valence-electron chi connectivity index (χ4n) is 2.62. The highest BCUT2D eigenvalue weighted by molar-refractivity contribution is 6.07. The summed E-state index contributed by atoms with van der Waals surface area (Å²) in [6.07, 6.45) is 2.93. The van der Waals surface area contributed by atoms with Crippen LogP contribution in [0.3, 0.4) is 0 Å². The van der Waals surface area contributed by atoms with E-state index in [9.17, 15) is 9.59 Å². The van der Waals surface area contributed by atoms with Crippen LogP contribution in [0.15, 0.2) is 60.9 Å². The fourth-order valence-corrected chi connectivity index (χ4v) is 2.62. The molecule has 4 heteroatoms. The first kappa shape index (κ1) is 14.1. The second-order valence-electron chi connectivity index (χ2n) is 5.05. The van der Waals surface area contributed by atoms with E-state index in [2.05, 4.69) is 0 Å². The van der Waals surface area contributed by atoms with Gasteiger partial charge in [0.25, 0.3) is 0 Å². The van der Waals surface area contributed by atoms with E-state index < -0.39 is 18.2 Å². The fraction of sp³-hybridized carbons (Fsp3) is 0.111. The molecule has 0 saturated heterocycles. The molecule has 1 atom stereocenters. The molecule has 0 saturated carbocycles. The van der Waals surface area contributed by atoms with Gasteiger partial charge in [0.2, 0.25) is 0 Å². The highest BCUT2D eigenvalue weighted by atomic mass is 16.5. The molecule has 1 aliphatic heterocycles. The molecular weight excluding hydrogens is 280 g/mol. The lowest BCUT2D eigenvalue weighted by atomic mass is 9.87. The third-order valence-electron chi connectivity index (χ3n) is 3.61. The van der Waals surface area contributed by atoms with Gasteiger partial charge in [0.15, 0.2) is 5.78 Å². The number of para-hydroxylation sites is 1. The number of carboxylic acids is 1. The van der Waals surface area contributed by atoms with E-state index >= 15 is 0 Å². The Bertz CT molecular complexity index is 747. The predicted octanol–water partition coefficient (Wildman–Crippen LogP) is 3.38. The third kappa shape index (κ3) is 2.63. The lowest BCUT2D eigenvalue weighted by molar-refractivity contribution is -0.135. The molecule has 1 heterocycles. The summed E-state index contributed by atoms with van der Waals surface area (Å²) in [7, 11) is 0. The lowest BCUT2D eigenvalue weighted by Crippen LogP contribution is -2.12. The molecular formula is C18H14O4. The van der Waals surface area contributed by atoms with Crippen LogP contribution >= 0.6 is 0 Å². The first-order chi connectivity index (χ1) is 10.7. The van der Waals surface area contributed by atoms with Crippen LogP contribution in [0.1, 0.15) is 33.8 Å². The summed E-state index contributed by atoms with van der Waals surface area (Å²) in [6, 6.07) is 15.1. The number of ether oxygens (including phenoxy) is 1. The largest absolute Gasteiger partial charge is 0.481 e. The Kier molecular flexibility index (Phi) is 3.74. The van der Waals surface area contributed by atoms with Crippen molar-refractivity contribution in [2.45, 2.75) is 12.3 Å². The number of rotatable bonds is 4. The highest BCUT2D eigenvalue weighted by Gasteiger charge is 2.25. The number of Topliss-reactive ketones (excluding diaryl/α,β-unsaturated/α-hetero) is 1. The van der Waals surface area contributed by atoms with Crippen LogP contribution in [0.2, 0.25) is 0 Å². The molecule has 4 nitrogen and oxygen atoms in total. The van der Waals surface area contributed by atoms with Gasteiger partial charge in [-0.15, -0.1) is 0 Å². The van der Waals surface area contributed by atoms with Gasteiger partial charge in [0, 0.05) is 11.5 Å². The van der Waals surface area contributed by atoms with Crippen molar-refractivity contribution in [1.29, 1.82) is 0 Å². The summed E-state index contributed by atoms with van der Waals surface area (Å²) in [6.45, 7) is 0. The SMILES string of the molecule is O=C(O)CC(=O)c1cccc2c1OC=CC2c1ccccc1. The van der Waals surface area contributed by atoms with Crippen molar-refractivity contribution >= 4 is 11.8 Å². The molecule has 0 aromatic heterocycles. The Hall–Kier alpha value is -2.88. The van der Waals surface area contributed by atoms with E-state index in [0.717, 1.165) is 11.1 Å². The number of allylic oxidation sites excluding steroid dienone is 1. The van der Waals surface area contributed by atoms with Gasteiger partial charge in [-0.05, 0) is 17.7 Å². The molecule has 0 amide bonds. The molecule has 0 radical (unpaired) electrons. The van der Waals surface area contributed by atoms with Crippen molar-refractivity contribution in [2.75, 3.05) is 0 Å². The quantitative estimate of drug-likeness (QED) is 0.693. The third-order valence-corrected chi connectivity index (χ3v) is 3.61. The lowest BCUT2D eigenvalue weighted by Gasteiger charge is -2.23. The number of hydrogen-bond acceptors (Lipinski definition) is 3. The summed E-state index contributed by atoms with van der Waals surface area (Å²) in [5.74, 6) is -1.16. The van der Waals surface area contributed by atoms with Gasteiger partial charge in [0.05, 0.1) is 11.8 Å². The van der Waals surface area contributed by atoms with Crippen LogP contribution in [0.25, 0.3) is 0 Å². The van der Waals surface area contributed by atoms with Crippen LogP contribution in [0.4, 0.5) is 0 Å². The minimum absolute atomic E-state index is 0.0115. The molecule has 0 bridgehead atoms. The van der Waals surface area contributed by atoms with Crippen molar-refractivity contribution in [3.05, 3.63) is 77.6 Å². The molecule has 1 N–H and O–H groups in total. The molecule has 0 fully saturated rings. The first-order valence-electron chi connectivity index (χ1n) is 6.93. The van der Waals surface area contributed by atoms with Gasteiger partial charge >= 0.3 is 5.97 Å². The van der Waals surface area contributed by atoms with Crippen molar-refractivity contribution < 1.29 is 19.4 Å². The maximum absolute atomic E-state index is 12.1. The summed E-state index contributed by atoms with van der Waals surface area (Å²) in [5.41, 5.74) is 2.27. The van der Waals surface area contributed by atoms with Crippen LogP contribution in [0, 0.1) is 0 Å². The molecule has 22 heavy (non-hydrogen) atoms. The summed E-state index contributed by atoms with van der Waals surface area (Å²) < 4.78 is 5.51. The summed E-state index contributed by atoms with van der Waals surface area (Å²) in [4.78, 5) is 22.8.